The van der Waals surface area contributed by atoms with Crippen LogP contribution >= 0.6 is 0 Å². The molecule has 0 spiro atoms. The van der Waals surface area contributed by atoms with Crippen LogP contribution in [-0.4, -0.2) is 27.0 Å². The van der Waals surface area contributed by atoms with Crippen LogP contribution in [0.5, 0.6) is 0 Å². The van der Waals surface area contributed by atoms with Gasteiger partial charge in [0.1, 0.15) is 0 Å². The number of hydrogen-bond donors (Lipinski definition) is 3. The van der Waals surface area contributed by atoms with Gasteiger partial charge < -0.3 is 15.4 Å². The van der Waals surface area contributed by atoms with Gasteiger partial charge in [0.15, 0.2) is 0 Å². The summed E-state index contributed by atoms with van der Waals surface area (Å²) in [5, 5.41) is 11.6. The number of carboxylic acids is 1. The van der Waals surface area contributed by atoms with Gasteiger partial charge in [0, 0.05) is 29.0 Å². The molecule has 4 rings (SSSR count). The summed E-state index contributed by atoms with van der Waals surface area (Å²) in [6.45, 7) is 2.00. The zero-order valence-corrected chi connectivity index (χ0v) is 18.5. The van der Waals surface area contributed by atoms with Crippen molar-refractivity contribution >= 4 is 29.7 Å². The fourth-order valence-corrected chi connectivity index (χ4v) is 3.41. The molecule has 0 fully saturated rings. The van der Waals surface area contributed by atoms with Crippen molar-refractivity contribution in [3.8, 4) is 22.5 Å². The van der Waals surface area contributed by atoms with Gasteiger partial charge in [0.2, 0.25) is 5.91 Å². The van der Waals surface area contributed by atoms with Gasteiger partial charge in [0.25, 0.3) is 0 Å². The van der Waals surface area contributed by atoms with Crippen LogP contribution in [0.1, 0.15) is 16.7 Å². The molecule has 168 valence electrons. The van der Waals surface area contributed by atoms with Crippen molar-refractivity contribution in [2.75, 3.05) is 5.32 Å². The molecule has 0 aliphatic carbocycles. The highest BCUT2D eigenvalue weighted by molar-refractivity contribution is 6.02. The molecule has 6 nitrogen and oxygen atoms in total. The predicted octanol–water partition coefficient (Wildman–Crippen LogP) is 5.80. The predicted molar refractivity (Wildman–Crippen MR) is 135 cm³/mol. The second kappa shape index (κ2) is 10.3. The van der Waals surface area contributed by atoms with Crippen molar-refractivity contribution in [3.05, 3.63) is 108 Å². The zero-order chi connectivity index (χ0) is 23.9. The minimum absolute atomic E-state index is 0.191. The number of H-pyrrole nitrogens is 1. The molecule has 0 saturated heterocycles. The number of aromatic nitrogens is 2. The Morgan fingerprint density at radius 1 is 0.824 bits per heavy atom. The molecule has 6 heteroatoms. The number of hydrogen-bond acceptors (Lipinski definition) is 3. The number of aromatic amines is 1. The molecule has 1 aromatic heterocycles. The van der Waals surface area contributed by atoms with Crippen molar-refractivity contribution in [1.82, 2.24) is 9.97 Å². The minimum Gasteiger partial charge on any atom is -0.478 e. The van der Waals surface area contributed by atoms with Gasteiger partial charge in [-0.05, 0) is 42.3 Å². The van der Waals surface area contributed by atoms with Crippen molar-refractivity contribution in [1.29, 1.82) is 0 Å². The van der Waals surface area contributed by atoms with E-state index in [2.05, 4.69) is 15.3 Å². The lowest BCUT2D eigenvalue weighted by Crippen LogP contribution is -2.07. The Labute approximate surface area is 197 Å². The third kappa shape index (κ3) is 5.75. The van der Waals surface area contributed by atoms with Gasteiger partial charge in [-0.2, -0.15) is 0 Å². The first-order valence-corrected chi connectivity index (χ1v) is 10.7. The standard InChI is InChI=1S/C28H23N3O3/c1-19-2-14-24(15-3-19)31-25(32)16-8-20-4-10-22(11-5-20)27-28(30-18-29-27)23-12-6-21(7-13-23)9-17-26(33)34/h2-18H,1H3,(H,29,30)(H,31,32)(H,33,34)/b16-8+,17-9+. The van der Waals surface area contributed by atoms with Crippen LogP contribution in [0, 0.1) is 6.92 Å². The van der Waals surface area contributed by atoms with Gasteiger partial charge in [-0.3, -0.25) is 4.79 Å². The highest BCUT2D eigenvalue weighted by atomic mass is 16.4. The molecule has 0 atom stereocenters. The summed E-state index contributed by atoms with van der Waals surface area (Å²) in [5.41, 5.74) is 7.15. The molecule has 0 aliphatic heterocycles. The SMILES string of the molecule is Cc1ccc(NC(=O)/C=C/c2ccc(-c3nc[nH]c3-c3ccc(/C=C/C(=O)O)cc3)cc2)cc1. The quantitative estimate of drug-likeness (QED) is 0.311. The Balaban J connectivity index is 1.45. The Kier molecular flexibility index (Phi) is 6.79. The van der Waals surface area contributed by atoms with Crippen LogP contribution in [-0.2, 0) is 9.59 Å². The Morgan fingerprint density at radius 3 is 2.03 bits per heavy atom. The second-order valence-corrected chi connectivity index (χ2v) is 7.73. The van der Waals surface area contributed by atoms with Gasteiger partial charge >= 0.3 is 5.97 Å². The number of carbonyl (C=O) groups excluding carboxylic acids is 1. The van der Waals surface area contributed by atoms with Crippen LogP contribution in [0.15, 0.2) is 91.3 Å². The van der Waals surface area contributed by atoms with Gasteiger partial charge in [-0.1, -0.05) is 66.2 Å². The average molecular weight is 450 g/mol. The number of anilines is 1. The minimum atomic E-state index is -0.981. The number of nitrogens with zero attached hydrogens (tertiary/aromatic N) is 1. The maximum absolute atomic E-state index is 12.2. The van der Waals surface area contributed by atoms with E-state index in [-0.39, 0.29) is 5.91 Å². The van der Waals surface area contributed by atoms with Crippen LogP contribution in [0.3, 0.4) is 0 Å². The van der Waals surface area contributed by atoms with Crippen molar-refractivity contribution in [2.24, 2.45) is 0 Å². The van der Waals surface area contributed by atoms with Crippen molar-refractivity contribution in [3.63, 3.8) is 0 Å². The summed E-state index contributed by atoms with van der Waals surface area (Å²) in [5.74, 6) is -1.17. The van der Waals surface area contributed by atoms with Crippen molar-refractivity contribution in [2.45, 2.75) is 6.92 Å². The average Bonchev–Trinajstić information content (AvgIpc) is 3.33. The first-order chi connectivity index (χ1) is 16.5. The summed E-state index contributed by atoms with van der Waals surface area (Å²) in [6.07, 6.45) is 7.58. The molecule has 3 aromatic carbocycles. The number of carboxylic acid groups (broad SMARTS) is 1. The Bertz CT molecular complexity index is 1350. The van der Waals surface area contributed by atoms with Crippen LogP contribution < -0.4 is 5.32 Å². The first-order valence-electron chi connectivity index (χ1n) is 10.7. The number of amides is 1. The highest BCUT2D eigenvalue weighted by Crippen LogP contribution is 2.29. The van der Waals surface area contributed by atoms with E-state index in [1.807, 2.05) is 79.7 Å². The molecular formula is C28H23N3O3. The molecular weight excluding hydrogens is 426 g/mol. The fraction of sp³-hybridized carbons (Fsp3) is 0.0357. The lowest BCUT2D eigenvalue weighted by Gasteiger charge is -2.05. The van der Waals surface area contributed by atoms with E-state index in [4.69, 9.17) is 5.11 Å². The Morgan fingerprint density at radius 2 is 1.41 bits per heavy atom. The summed E-state index contributed by atoms with van der Waals surface area (Å²) < 4.78 is 0. The van der Waals surface area contributed by atoms with E-state index in [9.17, 15) is 9.59 Å². The largest absolute Gasteiger partial charge is 0.478 e. The third-order valence-electron chi connectivity index (χ3n) is 5.19. The summed E-state index contributed by atoms with van der Waals surface area (Å²) in [4.78, 5) is 30.5. The Hall–Kier alpha value is -4.71. The maximum atomic E-state index is 12.2. The number of aryl methyl sites for hydroxylation is 1. The van der Waals surface area contributed by atoms with Crippen LogP contribution in [0.25, 0.3) is 34.7 Å². The highest BCUT2D eigenvalue weighted by Gasteiger charge is 2.10. The molecule has 1 heterocycles. The number of rotatable bonds is 7. The normalized spacial score (nSPS) is 11.2. The van der Waals surface area contributed by atoms with E-state index in [0.29, 0.717) is 0 Å². The van der Waals surface area contributed by atoms with Crippen molar-refractivity contribution < 1.29 is 14.7 Å². The molecule has 0 saturated carbocycles. The number of benzene rings is 3. The number of aliphatic carboxylic acids is 1. The molecule has 34 heavy (non-hydrogen) atoms. The summed E-state index contributed by atoms with van der Waals surface area (Å²) in [7, 11) is 0. The molecule has 0 bridgehead atoms. The number of nitrogens with one attached hydrogen (secondary N) is 2. The maximum Gasteiger partial charge on any atom is 0.328 e. The number of imidazole rings is 1. The van der Waals surface area contributed by atoms with E-state index in [0.717, 1.165) is 51.0 Å². The summed E-state index contributed by atoms with van der Waals surface area (Å²) >= 11 is 0. The third-order valence-corrected chi connectivity index (χ3v) is 5.19. The van der Waals surface area contributed by atoms with E-state index in [1.54, 1.807) is 18.5 Å². The van der Waals surface area contributed by atoms with Gasteiger partial charge in [-0.15, -0.1) is 0 Å². The molecule has 0 aliphatic rings. The zero-order valence-electron chi connectivity index (χ0n) is 18.5. The molecule has 0 radical (unpaired) electrons. The monoisotopic (exact) mass is 449 g/mol. The van der Waals surface area contributed by atoms with E-state index < -0.39 is 5.97 Å². The lowest BCUT2D eigenvalue weighted by atomic mass is 10.0. The lowest BCUT2D eigenvalue weighted by molar-refractivity contribution is -0.131. The smallest absolute Gasteiger partial charge is 0.328 e. The second-order valence-electron chi connectivity index (χ2n) is 7.73. The topological polar surface area (TPSA) is 95.1 Å². The van der Waals surface area contributed by atoms with Crippen LogP contribution in [0.2, 0.25) is 0 Å². The first kappa shape index (κ1) is 22.5. The van der Waals surface area contributed by atoms with Crippen LogP contribution in [0.4, 0.5) is 5.69 Å². The van der Waals surface area contributed by atoms with E-state index in [1.165, 1.54) is 6.08 Å². The molecule has 4 aromatic rings. The molecule has 0 unspecified atom stereocenters. The molecule has 1 amide bonds. The fourth-order valence-electron chi connectivity index (χ4n) is 3.41. The summed E-state index contributed by atoms with van der Waals surface area (Å²) in [6, 6.07) is 23.0. The van der Waals surface area contributed by atoms with Gasteiger partial charge in [0.05, 0.1) is 17.7 Å². The number of carbonyl (C=O) groups is 2. The van der Waals surface area contributed by atoms with Gasteiger partial charge in [-0.25, -0.2) is 9.78 Å². The van der Waals surface area contributed by atoms with E-state index >= 15 is 0 Å². The molecule has 3 N–H and O–H groups in total.